The highest BCUT2D eigenvalue weighted by Crippen LogP contribution is 2.20. The number of halogens is 1. The Morgan fingerprint density at radius 2 is 2.21 bits per heavy atom. The quantitative estimate of drug-likeness (QED) is 0.825. The summed E-state index contributed by atoms with van der Waals surface area (Å²) >= 11 is 5.99. The zero-order valence-electron chi connectivity index (χ0n) is 8.92. The van der Waals surface area contributed by atoms with Gasteiger partial charge in [0.25, 0.3) is 0 Å². The van der Waals surface area contributed by atoms with Gasteiger partial charge in [0.05, 0.1) is 5.02 Å². The first-order chi connectivity index (χ1) is 6.65. The molecule has 1 N–H and O–H groups in total. The van der Waals surface area contributed by atoms with Gasteiger partial charge in [-0.25, -0.2) is 4.98 Å². The van der Waals surface area contributed by atoms with Crippen LogP contribution in [0, 0.1) is 5.92 Å². The van der Waals surface area contributed by atoms with Crippen molar-refractivity contribution in [3.63, 3.8) is 0 Å². The Bertz CT molecular complexity index is 288. The van der Waals surface area contributed by atoms with E-state index in [0.29, 0.717) is 17.0 Å². The zero-order chi connectivity index (χ0) is 10.6. The lowest BCUT2D eigenvalue weighted by Gasteiger charge is -2.20. The minimum Gasteiger partial charge on any atom is -0.366 e. The molecular weight excluding hydrogens is 196 g/mol. The van der Waals surface area contributed by atoms with E-state index < -0.39 is 0 Å². The highest BCUT2D eigenvalue weighted by Gasteiger charge is 2.11. The van der Waals surface area contributed by atoms with Crippen LogP contribution >= 0.6 is 11.6 Å². The Morgan fingerprint density at radius 3 is 2.79 bits per heavy atom. The number of rotatable bonds is 4. The van der Waals surface area contributed by atoms with Crippen molar-refractivity contribution in [2.24, 2.45) is 5.92 Å². The van der Waals surface area contributed by atoms with Crippen LogP contribution in [0.5, 0.6) is 0 Å². The molecule has 2 nitrogen and oxygen atoms in total. The Morgan fingerprint density at radius 1 is 1.50 bits per heavy atom. The van der Waals surface area contributed by atoms with E-state index in [1.165, 1.54) is 0 Å². The van der Waals surface area contributed by atoms with Crippen molar-refractivity contribution in [3.05, 3.63) is 23.4 Å². The van der Waals surface area contributed by atoms with Crippen LogP contribution in [-0.2, 0) is 0 Å². The maximum absolute atomic E-state index is 5.99. The molecule has 1 aromatic rings. The second-order valence-corrected chi connectivity index (χ2v) is 4.06. The second-order valence-electron chi connectivity index (χ2n) is 3.65. The number of pyridine rings is 1. The lowest BCUT2D eigenvalue weighted by atomic mass is 10.0. The average Bonchev–Trinajstić information content (AvgIpc) is 2.20. The van der Waals surface area contributed by atoms with E-state index >= 15 is 0 Å². The third-order valence-electron chi connectivity index (χ3n) is 2.62. The maximum atomic E-state index is 5.99. The predicted octanol–water partition coefficient (Wildman–Crippen LogP) is 3.58. The third kappa shape index (κ3) is 2.88. The van der Waals surface area contributed by atoms with Gasteiger partial charge in [0, 0.05) is 12.2 Å². The SMILES string of the molecule is CCC(C)C(C)Nc1ncccc1Cl. The van der Waals surface area contributed by atoms with E-state index in [-0.39, 0.29) is 0 Å². The molecule has 0 spiro atoms. The summed E-state index contributed by atoms with van der Waals surface area (Å²) in [5, 5.41) is 4.00. The van der Waals surface area contributed by atoms with Crippen molar-refractivity contribution in [1.29, 1.82) is 0 Å². The van der Waals surface area contributed by atoms with Crippen LogP contribution < -0.4 is 5.32 Å². The predicted molar refractivity (Wildman–Crippen MR) is 61.8 cm³/mol. The Labute approximate surface area is 90.7 Å². The summed E-state index contributed by atoms with van der Waals surface area (Å²) < 4.78 is 0. The molecule has 3 heteroatoms. The fraction of sp³-hybridized carbons (Fsp3) is 0.545. The number of anilines is 1. The summed E-state index contributed by atoms with van der Waals surface area (Å²) in [6, 6.07) is 4.08. The molecule has 0 fully saturated rings. The summed E-state index contributed by atoms with van der Waals surface area (Å²) in [5.74, 6) is 1.40. The van der Waals surface area contributed by atoms with Gasteiger partial charge in [0.15, 0.2) is 0 Å². The van der Waals surface area contributed by atoms with E-state index in [2.05, 4.69) is 31.1 Å². The summed E-state index contributed by atoms with van der Waals surface area (Å²) in [4.78, 5) is 4.19. The Balaban J connectivity index is 2.64. The molecule has 1 aromatic heterocycles. The molecule has 78 valence electrons. The first-order valence-corrected chi connectivity index (χ1v) is 5.40. The maximum Gasteiger partial charge on any atom is 0.144 e. The van der Waals surface area contributed by atoms with Gasteiger partial charge in [-0.1, -0.05) is 31.9 Å². The van der Waals surface area contributed by atoms with Gasteiger partial charge in [0.2, 0.25) is 0 Å². The molecule has 2 unspecified atom stereocenters. The molecule has 0 aliphatic heterocycles. The van der Waals surface area contributed by atoms with Crippen LogP contribution in [0.3, 0.4) is 0 Å². The second kappa shape index (κ2) is 5.20. The van der Waals surface area contributed by atoms with Gasteiger partial charge < -0.3 is 5.32 Å². The van der Waals surface area contributed by atoms with Crippen LogP contribution in [0.25, 0.3) is 0 Å². The first-order valence-electron chi connectivity index (χ1n) is 5.02. The third-order valence-corrected chi connectivity index (χ3v) is 2.93. The molecule has 2 atom stereocenters. The Hall–Kier alpha value is -0.760. The Kier molecular flexibility index (Phi) is 4.21. The largest absolute Gasteiger partial charge is 0.366 e. The van der Waals surface area contributed by atoms with Gasteiger partial charge in [-0.3, -0.25) is 0 Å². The summed E-state index contributed by atoms with van der Waals surface area (Å²) in [7, 11) is 0. The molecule has 1 rings (SSSR count). The van der Waals surface area contributed by atoms with Crippen molar-refractivity contribution >= 4 is 17.4 Å². The number of nitrogens with one attached hydrogen (secondary N) is 1. The molecule has 0 amide bonds. The van der Waals surface area contributed by atoms with E-state index in [9.17, 15) is 0 Å². The normalized spacial score (nSPS) is 14.9. The minimum absolute atomic E-state index is 0.396. The van der Waals surface area contributed by atoms with E-state index in [0.717, 1.165) is 12.2 Å². The smallest absolute Gasteiger partial charge is 0.144 e. The van der Waals surface area contributed by atoms with Gasteiger partial charge in [0.1, 0.15) is 5.82 Å². The van der Waals surface area contributed by atoms with Gasteiger partial charge >= 0.3 is 0 Å². The molecule has 0 saturated carbocycles. The number of hydrogen-bond acceptors (Lipinski definition) is 2. The standard InChI is InChI=1S/C11H17ClN2/c1-4-8(2)9(3)14-11-10(12)6-5-7-13-11/h5-9H,4H2,1-3H3,(H,13,14). The summed E-state index contributed by atoms with van der Waals surface area (Å²) in [6.45, 7) is 6.55. The highest BCUT2D eigenvalue weighted by molar-refractivity contribution is 6.32. The highest BCUT2D eigenvalue weighted by atomic mass is 35.5. The van der Waals surface area contributed by atoms with E-state index in [1.807, 2.05) is 12.1 Å². The van der Waals surface area contributed by atoms with E-state index in [4.69, 9.17) is 11.6 Å². The number of nitrogens with zero attached hydrogens (tertiary/aromatic N) is 1. The molecule has 1 heterocycles. The minimum atomic E-state index is 0.396. The molecular formula is C11H17ClN2. The zero-order valence-corrected chi connectivity index (χ0v) is 9.67. The molecule has 0 aliphatic rings. The van der Waals surface area contributed by atoms with Crippen LogP contribution in [0.4, 0.5) is 5.82 Å². The molecule has 0 aliphatic carbocycles. The van der Waals surface area contributed by atoms with E-state index in [1.54, 1.807) is 6.20 Å². The summed E-state index contributed by atoms with van der Waals surface area (Å²) in [5.41, 5.74) is 0. The lowest BCUT2D eigenvalue weighted by molar-refractivity contribution is 0.493. The van der Waals surface area contributed by atoms with Crippen LogP contribution in [0.15, 0.2) is 18.3 Å². The van der Waals surface area contributed by atoms with Crippen molar-refractivity contribution in [3.8, 4) is 0 Å². The van der Waals surface area contributed by atoms with Crippen molar-refractivity contribution in [2.45, 2.75) is 33.2 Å². The van der Waals surface area contributed by atoms with Crippen molar-refractivity contribution < 1.29 is 0 Å². The molecule has 0 radical (unpaired) electrons. The van der Waals surface area contributed by atoms with Crippen LogP contribution in [0.2, 0.25) is 5.02 Å². The van der Waals surface area contributed by atoms with Crippen molar-refractivity contribution in [1.82, 2.24) is 4.98 Å². The number of hydrogen-bond donors (Lipinski definition) is 1. The number of aromatic nitrogens is 1. The fourth-order valence-electron chi connectivity index (χ4n) is 1.20. The monoisotopic (exact) mass is 212 g/mol. The molecule has 0 bridgehead atoms. The van der Waals surface area contributed by atoms with Gasteiger partial charge in [-0.2, -0.15) is 0 Å². The summed E-state index contributed by atoms with van der Waals surface area (Å²) in [6.07, 6.45) is 2.90. The van der Waals surface area contributed by atoms with Gasteiger partial charge in [-0.15, -0.1) is 0 Å². The first kappa shape index (κ1) is 11.3. The van der Waals surface area contributed by atoms with Gasteiger partial charge in [-0.05, 0) is 25.0 Å². The molecule has 0 saturated heterocycles. The van der Waals surface area contributed by atoms with Crippen molar-refractivity contribution in [2.75, 3.05) is 5.32 Å². The molecule has 14 heavy (non-hydrogen) atoms. The molecule has 0 aromatic carbocycles. The average molecular weight is 213 g/mol. The topological polar surface area (TPSA) is 24.9 Å². The fourth-order valence-corrected chi connectivity index (χ4v) is 1.38. The van der Waals surface area contributed by atoms with Crippen LogP contribution in [0.1, 0.15) is 27.2 Å². The lowest BCUT2D eigenvalue weighted by Crippen LogP contribution is -2.23. The van der Waals surface area contributed by atoms with Crippen LogP contribution in [-0.4, -0.2) is 11.0 Å².